The molecule has 0 aromatic heterocycles. The summed E-state index contributed by atoms with van der Waals surface area (Å²) in [6.45, 7) is 3.47. The molecule has 7 heteroatoms. The van der Waals surface area contributed by atoms with E-state index in [1.165, 1.54) is 0 Å². The van der Waals surface area contributed by atoms with E-state index in [-0.39, 0.29) is 24.5 Å². The standard InChI is InChI=1S/C10H14N2O5/c1-9(2)6-3-4-10(5-6,7(9)13)8(11(14)15)12(16)17/h6,8H,3-5H2,1-2H3. The van der Waals surface area contributed by atoms with Gasteiger partial charge in [-0.15, -0.1) is 0 Å². The Hall–Kier alpha value is -1.53. The molecule has 17 heavy (non-hydrogen) atoms. The Labute approximate surface area is 97.5 Å². The molecule has 0 aromatic rings. The minimum Gasteiger partial charge on any atom is -0.298 e. The van der Waals surface area contributed by atoms with Crippen LogP contribution in [0.1, 0.15) is 33.1 Å². The summed E-state index contributed by atoms with van der Waals surface area (Å²) in [4.78, 5) is 32.2. The number of fused-ring (bicyclic) bond motifs is 2. The van der Waals surface area contributed by atoms with Gasteiger partial charge in [0.2, 0.25) is 0 Å². The second kappa shape index (κ2) is 3.24. The fourth-order valence-electron chi connectivity index (χ4n) is 3.56. The quantitative estimate of drug-likeness (QED) is 0.421. The molecule has 2 bridgehead atoms. The van der Waals surface area contributed by atoms with Crippen molar-refractivity contribution in [1.29, 1.82) is 0 Å². The zero-order chi connectivity index (χ0) is 13.0. The molecule has 7 nitrogen and oxygen atoms in total. The van der Waals surface area contributed by atoms with E-state index in [1.807, 2.05) is 0 Å². The van der Waals surface area contributed by atoms with E-state index >= 15 is 0 Å². The first-order valence-corrected chi connectivity index (χ1v) is 5.55. The van der Waals surface area contributed by atoms with E-state index in [4.69, 9.17) is 0 Å². The summed E-state index contributed by atoms with van der Waals surface area (Å²) in [5.74, 6) is -0.267. The number of carbonyl (C=O) groups is 1. The smallest absolute Gasteiger partial charge is 0.298 e. The van der Waals surface area contributed by atoms with Crippen molar-refractivity contribution in [2.24, 2.45) is 16.7 Å². The van der Waals surface area contributed by atoms with Crippen LogP contribution in [0.15, 0.2) is 0 Å². The average Bonchev–Trinajstić information content (AvgIpc) is 2.66. The lowest BCUT2D eigenvalue weighted by molar-refractivity contribution is -0.756. The molecule has 0 amide bonds. The Bertz CT molecular complexity index is 405. The Kier molecular flexibility index (Phi) is 2.28. The Morgan fingerprint density at radius 1 is 1.29 bits per heavy atom. The fraction of sp³-hybridized carbons (Fsp3) is 0.900. The third kappa shape index (κ3) is 1.31. The number of hydrogen-bond donors (Lipinski definition) is 0. The van der Waals surface area contributed by atoms with Crippen LogP contribution in [0.2, 0.25) is 0 Å². The van der Waals surface area contributed by atoms with Gasteiger partial charge in [0.15, 0.2) is 11.2 Å². The number of hydrogen-bond acceptors (Lipinski definition) is 5. The lowest BCUT2D eigenvalue weighted by atomic mass is 9.70. The van der Waals surface area contributed by atoms with Crippen molar-refractivity contribution in [2.45, 2.75) is 39.3 Å². The van der Waals surface area contributed by atoms with Gasteiger partial charge in [-0.05, 0) is 25.2 Å². The van der Waals surface area contributed by atoms with Crippen LogP contribution in [-0.4, -0.2) is 21.8 Å². The van der Waals surface area contributed by atoms with Gasteiger partial charge < -0.3 is 0 Å². The first-order valence-electron chi connectivity index (χ1n) is 5.55. The van der Waals surface area contributed by atoms with E-state index in [1.54, 1.807) is 13.8 Å². The van der Waals surface area contributed by atoms with Crippen molar-refractivity contribution in [2.75, 3.05) is 0 Å². The van der Waals surface area contributed by atoms with Crippen molar-refractivity contribution in [3.05, 3.63) is 20.2 Å². The van der Waals surface area contributed by atoms with Crippen LogP contribution in [0.3, 0.4) is 0 Å². The summed E-state index contributed by atoms with van der Waals surface area (Å²) in [5.41, 5.74) is -2.04. The van der Waals surface area contributed by atoms with Gasteiger partial charge in [-0.3, -0.25) is 25.0 Å². The highest BCUT2D eigenvalue weighted by molar-refractivity contribution is 5.93. The van der Waals surface area contributed by atoms with E-state index < -0.39 is 26.8 Å². The SMILES string of the molecule is CC1(C)C(=O)C2(C([N+](=O)[O-])[N+](=O)[O-])CCC1C2. The molecule has 2 aliphatic carbocycles. The first kappa shape index (κ1) is 11.9. The molecule has 0 heterocycles. The molecule has 0 radical (unpaired) electrons. The monoisotopic (exact) mass is 242 g/mol. The number of rotatable bonds is 3. The van der Waals surface area contributed by atoms with E-state index in [0.29, 0.717) is 6.42 Å². The molecule has 94 valence electrons. The highest BCUT2D eigenvalue weighted by Gasteiger charge is 2.73. The van der Waals surface area contributed by atoms with Gasteiger partial charge in [0, 0.05) is 5.41 Å². The van der Waals surface area contributed by atoms with E-state index in [9.17, 15) is 25.0 Å². The lowest BCUT2D eigenvalue weighted by Gasteiger charge is -2.31. The maximum absolute atomic E-state index is 12.3. The molecular weight excluding hydrogens is 228 g/mol. The van der Waals surface area contributed by atoms with Crippen molar-refractivity contribution in [1.82, 2.24) is 0 Å². The Balaban J connectivity index is 2.47. The maximum atomic E-state index is 12.3. The van der Waals surface area contributed by atoms with Gasteiger partial charge in [0.05, 0.1) is 9.85 Å². The Morgan fingerprint density at radius 3 is 2.18 bits per heavy atom. The average molecular weight is 242 g/mol. The van der Waals surface area contributed by atoms with Crippen LogP contribution in [0.4, 0.5) is 0 Å². The molecule has 0 spiro atoms. The van der Waals surface area contributed by atoms with Crippen LogP contribution >= 0.6 is 0 Å². The molecule has 0 N–H and O–H groups in total. The van der Waals surface area contributed by atoms with Crippen LogP contribution in [0, 0.1) is 37.0 Å². The molecule has 2 atom stereocenters. The number of carbonyl (C=O) groups excluding carboxylic acids is 1. The van der Waals surface area contributed by atoms with Crippen LogP contribution in [-0.2, 0) is 4.79 Å². The van der Waals surface area contributed by atoms with Crippen molar-refractivity contribution in [3.63, 3.8) is 0 Å². The number of Topliss-reactive ketones (excluding diaryl/α,β-unsaturated/α-hetero) is 1. The molecule has 2 aliphatic rings. The van der Waals surface area contributed by atoms with Gasteiger partial charge >= 0.3 is 6.17 Å². The minimum absolute atomic E-state index is 0.0393. The van der Waals surface area contributed by atoms with Crippen LogP contribution < -0.4 is 0 Å². The molecule has 2 saturated carbocycles. The van der Waals surface area contributed by atoms with Crippen molar-refractivity contribution >= 4 is 5.78 Å². The first-order chi connectivity index (χ1) is 7.73. The Morgan fingerprint density at radius 2 is 1.82 bits per heavy atom. The van der Waals surface area contributed by atoms with Crippen molar-refractivity contribution in [3.8, 4) is 0 Å². The zero-order valence-corrected chi connectivity index (χ0v) is 9.71. The summed E-state index contributed by atoms with van der Waals surface area (Å²) in [7, 11) is 0. The molecular formula is C10H14N2O5. The minimum atomic E-state index is -1.98. The number of ketones is 1. The third-order valence-electron chi connectivity index (χ3n) is 4.50. The molecule has 2 unspecified atom stereocenters. The van der Waals surface area contributed by atoms with Gasteiger partial charge in [0.1, 0.15) is 0 Å². The second-order valence-electron chi connectivity index (χ2n) is 5.59. The van der Waals surface area contributed by atoms with Gasteiger partial charge in [-0.25, -0.2) is 0 Å². The predicted molar refractivity (Wildman–Crippen MR) is 56.3 cm³/mol. The van der Waals surface area contributed by atoms with E-state index in [0.717, 1.165) is 0 Å². The normalized spacial score (nSPS) is 34.3. The maximum Gasteiger partial charge on any atom is 0.462 e. The topological polar surface area (TPSA) is 103 Å². The number of nitro groups is 2. The third-order valence-corrected chi connectivity index (χ3v) is 4.50. The van der Waals surface area contributed by atoms with Gasteiger partial charge in [-0.2, -0.15) is 0 Å². The van der Waals surface area contributed by atoms with Crippen molar-refractivity contribution < 1.29 is 14.6 Å². The summed E-state index contributed by atoms with van der Waals surface area (Å²) in [6, 6.07) is 0. The number of nitrogens with zero attached hydrogens (tertiary/aromatic N) is 2. The highest BCUT2D eigenvalue weighted by atomic mass is 16.7. The predicted octanol–water partition coefficient (Wildman–Crippen LogP) is 1.26. The second-order valence-corrected chi connectivity index (χ2v) is 5.59. The summed E-state index contributed by atoms with van der Waals surface area (Å²) >= 11 is 0. The molecule has 2 fully saturated rings. The molecule has 0 aromatic carbocycles. The van der Waals surface area contributed by atoms with Crippen LogP contribution in [0.5, 0.6) is 0 Å². The highest BCUT2D eigenvalue weighted by Crippen LogP contribution is 2.61. The summed E-state index contributed by atoms with van der Waals surface area (Å²) in [6.07, 6.45) is -0.767. The summed E-state index contributed by atoms with van der Waals surface area (Å²) in [5, 5.41) is 21.8. The lowest BCUT2D eigenvalue weighted by Crippen LogP contribution is -2.51. The molecule has 2 rings (SSSR count). The van der Waals surface area contributed by atoms with Gasteiger partial charge in [0.25, 0.3) is 0 Å². The molecule has 0 saturated heterocycles. The van der Waals surface area contributed by atoms with Gasteiger partial charge in [-0.1, -0.05) is 13.8 Å². The van der Waals surface area contributed by atoms with E-state index in [2.05, 4.69) is 0 Å². The molecule has 0 aliphatic heterocycles. The fourth-order valence-corrected chi connectivity index (χ4v) is 3.56. The largest absolute Gasteiger partial charge is 0.462 e. The van der Waals surface area contributed by atoms with Crippen LogP contribution in [0.25, 0.3) is 0 Å². The summed E-state index contributed by atoms with van der Waals surface area (Å²) < 4.78 is 0. The zero-order valence-electron chi connectivity index (χ0n) is 9.71.